The van der Waals surface area contributed by atoms with E-state index in [4.69, 9.17) is 5.11 Å². The highest BCUT2D eigenvalue weighted by molar-refractivity contribution is 5.78. The fraction of sp³-hybridized carbons (Fsp3) is 0.733. The molecule has 1 rings (SSSR count). The number of carboxylic acid groups (broad SMARTS) is 1. The van der Waals surface area contributed by atoms with Gasteiger partial charge < -0.3 is 10.2 Å². The standard InChI is InChI=1S/C15H21F3O4/c16-15(17,18)8-2-1-3-11(19)6-4-10-5-7-13(20)12(10)9-14(21)22/h5,12-13,20H,1-4,6-9H2,(H,21,22). The quantitative estimate of drug-likeness (QED) is 0.505. The number of carboxylic acids is 1. The zero-order valence-electron chi connectivity index (χ0n) is 12.2. The number of halogens is 3. The molecule has 2 unspecified atom stereocenters. The van der Waals surface area contributed by atoms with Gasteiger partial charge in [0, 0.05) is 25.2 Å². The van der Waals surface area contributed by atoms with Crippen LogP contribution in [0.3, 0.4) is 0 Å². The summed E-state index contributed by atoms with van der Waals surface area (Å²) in [5.74, 6) is -1.59. The molecule has 4 nitrogen and oxygen atoms in total. The largest absolute Gasteiger partial charge is 0.481 e. The Morgan fingerprint density at radius 3 is 2.50 bits per heavy atom. The van der Waals surface area contributed by atoms with Crippen LogP contribution in [-0.2, 0) is 9.59 Å². The molecule has 1 aliphatic rings. The molecule has 0 aromatic carbocycles. The van der Waals surface area contributed by atoms with Gasteiger partial charge in [0.15, 0.2) is 0 Å². The molecule has 0 saturated heterocycles. The number of hydrogen-bond donors (Lipinski definition) is 2. The van der Waals surface area contributed by atoms with Gasteiger partial charge in [-0.1, -0.05) is 11.6 Å². The summed E-state index contributed by atoms with van der Waals surface area (Å²) in [6.07, 6.45) is -3.02. The lowest BCUT2D eigenvalue weighted by atomic mass is 9.91. The van der Waals surface area contributed by atoms with Crippen LogP contribution >= 0.6 is 0 Å². The Bertz CT molecular complexity index is 429. The van der Waals surface area contributed by atoms with Crippen LogP contribution < -0.4 is 0 Å². The number of rotatable bonds is 9. The van der Waals surface area contributed by atoms with Crippen LogP contribution in [0.25, 0.3) is 0 Å². The topological polar surface area (TPSA) is 74.6 Å². The van der Waals surface area contributed by atoms with E-state index in [1.165, 1.54) is 0 Å². The first-order valence-corrected chi connectivity index (χ1v) is 7.36. The summed E-state index contributed by atoms with van der Waals surface area (Å²) in [4.78, 5) is 22.4. The van der Waals surface area contributed by atoms with Crippen molar-refractivity contribution in [1.29, 1.82) is 0 Å². The number of unbranched alkanes of at least 4 members (excludes halogenated alkanes) is 1. The summed E-state index contributed by atoms with van der Waals surface area (Å²) in [7, 11) is 0. The molecule has 2 atom stereocenters. The Labute approximate surface area is 127 Å². The van der Waals surface area contributed by atoms with E-state index in [-0.39, 0.29) is 37.9 Å². The second kappa shape index (κ2) is 8.31. The first-order chi connectivity index (χ1) is 10.2. The average molecular weight is 322 g/mol. The van der Waals surface area contributed by atoms with Crippen molar-refractivity contribution in [1.82, 2.24) is 0 Å². The fourth-order valence-corrected chi connectivity index (χ4v) is 2.63. The van der Waals surface area contributed by atoms with E-state index in [9.17, 15) is 27.9 Å². The van der Waals surface area contributed by atoms with Crippen molar-refractivity contribution in [3.8, 4) is 0 Å². The smallest absolute Gasteiger partial charge is 0.389 e. The molecule has 0 radical (unpaired) electrons. The number of aliphatic hydroxyl groups excluding tert-OH is 1. The normalized spacial score (nSPS) is 21.7. The lowest BCUT2D eigenvalue weighted by molar-refractivity contribution is -0.138. The van der Waals surface area contributed by atoms with E-state index in [2.05, 4.69) is 0 Å². The maximum atomic E-state index is 12.0. The Hall–Kier alpha value is -1.37. The highest BCUT2D eigenvalue weighted by Gasteiger charge is 2.30. The summed E-state index contributed by atoms with van der Waals surface area (Å²) in [6.45, 7) is 0. The van der Waals surface area contributed by atoms with Crippen LogP contribution in [0.4, 0.5) is 13.2 Å². The average Bonchev–Trinajstić information content (AvgIpc) is 2.72. The number of hydrogen-bond acceptors (Lipinski definition) is 3. The third-order valence-electron chi connectivity index (χ3n) is 3.82. The highest BCUT2D eigenvalue weighted by atomic mass is 19.4. The number of aliphatic hydroxyl groups is 1. The van der Waals surface area contributed by atoms with Crippen molar-refractivity contribution in [3.63, 3.8) is 0 Å². The lowest BCUT2D eigenvalue weighted by Crippen LogP contribution is -2.20. The van der Waals surface area contributed by atoms with Crippen LogP contribution in [0.2, 0.25) is 0 Å². The Balaban J connectivity index is 2.27. The molecule has 0 aromatic rings. The Morgan fingerprint density at radius 2 is 1.91 bits per heavy atom. The predicted molar refractivity (Wildman–Crippen MR) is 73.2 cm³/mol. The van der Waals surface area contributed by atoms with Gasteiger partial charge in [0.2, 0.25) is 0 Å². The minimum absolute atomic E-state index is 0.0573. The molecule has 0 aliphatic heterocycles. The summed E-state index contributed by atoms with van der Waals surface area (Å²) in [5, 5.41) is 18.5. The van der Waals surface area contributed by atoms with Crippen LogP contribution in [0.1, 0.15) is 51.4 Å². The van der Waals surface area contributed by atoms with Crippen LogP contribution in [-0.4, -0.2) is 34.2 Å². The van der Waals surface area contributed by atoms with Gasteiger partial charge in [-0.15, -0.1) is 0 Å². The van der Waals surface area contributed by atoms with Crippen molar-refractivity contribution in [2.75, 3.05) is 0 Å². The summed E-state index contributed by atoms with van der Waals surface area (Å²) < 4.78 is 35.9. The highest BCUT2D eigenvalue weighted by Crippen LogP contribution is 2.32. The monoisotopic (exact) mass is 322 g/mol. The maximum Gasteiger partial charge on any atom is 0.389 e. The SMILES string of the molecule is O=C(O)CC1C(CCC(=O)CCCCC(F)(F)F)=CCC1O. The van der Waals surface area contributed by atoms with Gasteiger partial charge in [-0.25, -0.2) is 0 Å². The van der Waals surface area contributed by atoms with E-state index in [1.54, 1.807) is 6.08 Å². The third-order valence-corrected chi connectivity index (χ3v) is 3.82. The van der Waals surface area contributed by atoms with E-state index in [0.717, 1.165) is 5.57 Å². The van der Waals surface area contributed by atoms with Gasteiger partial charge in [0.1, 0.15) is 5.78 Å². The summed E-state index contributed by atoms with van der Waals surface area (Å²) >= 11 is 0. The second-order valence-corrected chi connectivity index (χ2v) is 5.65. The number of carbonyl (C=O) groups excluding carboxylic acids is 1. The third kappa shape index (κ3) is 7.06. The minimum atomic E-state index is -4.18. The minimum Gasteiger partial charge on any atom is -0.481 e. The molecule has 0 saturated carbocycles. The summed E-state index contributed by atoms with van der Waals surface area (Å²) in [5.41, 5.74) is 0.763. The van der Waals surface area contributed by atoms with E-state index in [0.29, 0.717) is 12.8 Å². The zero-order valence-corrected chi connectivity index (χ0v) is 12.2. The number of aliphatic carboxylic acids is 1. The number of carbonyl (C=O) groups is 2. The van der Waals surface area contributed by atoms with Crippen molar-refractivity contribution in [2.45, 2.75) is 63.6 Å². The van der Waals surface area contributed by atoms with Gasteiger partial charge in [-0.3, -0.25) is 9.59 Å². The first-order valence-electron chi connectivity index (χ1n) is 7.36. The van der Waals surface area contributed by atoms with Crippen molar-refractivity contribution in [2.24, 2.45) is 5.92 Å². The molecular weight excluding hydrogens is 301 g/mol. The molecule has 0 amide bonds. The molecule has 0 aromatic heterocycles. The lowest BCUT2D eigenvalue weighted by Gasteiger charge is -2.16. The molecule has 0 fully saturated rings. The summed E-state index contributed by atoms with van der Waals surface area (Å²) in [6, 6.07) is 0. The van der Waals surface area contributed by atoms with Gasteiger partial charge in [0.05, 0.1) is 12.5 Å². The number of Topliss-reactive ketones (excluding diaryl/α,β-unsaturated/α-hetero) is 1. The van der Waals surface area contributed by atoms with Gasteiger partial charge in [0.25, 0.3) is 0 Å². The molecule has 0 bridgehead atoms. The van der Waals surface area contributed by atoms with Gasteiger partial charge in [-0.2, -0.15) is 13.2 Å². The molecule has 2 N–H and O–H groups in total. The first kappa shape index (κ1) is 18.7. The van der Waals surface area contributed by atoms with Crippen LogP contribution in [0.5, 0.6) is 0 Å². The van der Waals surface area contributed by atoms with Gasteiger partial charge in [-0.05, 0) is 25.7 Å². The predicted octanol–water partition coefficient (Wildman–Crippen LogP) is 3.24. The van der Waals surface area contributed by atoms with E-state index < -0.39 is 30.6 Å². The van der Waals surface area contributed by atoms with Crippen molar-refractivity contribution >= 4 is 11.8 Å². The molecule has 126 valence electrons. The number of alkyl halides is 3. The van der Waals surface area contributed by atoms with Crippen molar-refractivity contribution < 1.29 is 33.0 Å². The number of ketones is 1. The van der Waals surface area contributed by atoms with E-state index in [1.807, 2.05) is 0 Å². The van der Waals surface area contributed by atoms with Gasteiger partial charge >= 0.3 is 12.1 Å². The Kier molecular flexibility index (Phi) is 7.06. The van der Waals surface area contributed by atoms with Crippen LogP contribution in [0.15, 0.2) is 11.6 Å². The van der Waals surface area contributed by atoms with Crippen molar-refractivity contribution in [3.05, 3.63) is 11.6 Å². The fourth-order valence-electron chi connectivity index (χ4n) is 2.63. The maximum absolute atomic E-state index is 12.0. The molecule has 22 heavy (non-hydrogen) atoms. The molecule has 0 spiro atoms. The molecule has 0 heterocycles. The second-order valence-electron chi connectivity index (χ2n) is 5.65. The molecule has 1 aliphatic carbocycles. The Morgan fingerprint density at radius 1 is 1.23 bits per heavy atom. The van der Waals surface area contributed by atoms with E-state index >= 15 is 0 Å². The zero-order chi connectivity index (χ0) is 16.8. The molecular formula is C15H21F3O4. The van der Waals surface area contributed by atoms with Crippen LogP contribution in [0, 0.1) is 5.92 Å². The molecule has 7 heteroatoms.